The smallest absolute Gasteiger partial charge is 0.325 e. The summed E-state index contributed by atoms with van der Waals surface area (Å²) >= 11 is 1.45. The van der Waals surface area contributed by atoms with Crippen LogP contribution in [0.1, 0.15) is 17.3 Å². The highest BCUT2D eigenvalue weighted by Gasteiger charge is 2.15. The summed E-state index contributed by atoms with van der Waals surface area (Å²) in [6.45, 7) is 2.06. The molecule has 0 unspecified atom stereocenters. The molecule has 82 valence electrons. The zero-order chi connectivity index (χ0) is 11.3. The van der Waals surface area contributed by atoms with Crippen LogP contribution in [0.25, 0.3) is 0 Å². The maximum absolute atomic E-state index is 11.7. The van der Waals surface area contributed by atoms with E-state index < -0.39 is 0 Å². The van der Waals surface area contributed by atoms with Crippen LogP contribution in [0.2, 0.25) is 0 Å². The van der Waals surface area contributed by atoms with E-state index in [2.05, 4.69) is 0 Å². The van der Waals surface area contributed by atoms with Crippen molar-refractivity contribution in [2.24, 2.45) is 0 Å². The Hall–Kier alpha value is -1.36. The number of ether oxygens (including phenoxy) is 1. The molecule has 1 aromatic rings. The average molecular weight is 227 g/mol. The van der Waals surface area contributed by atoms with E-state index in [0.29, 0.717) is 12.2 Å². The largest absolute Gasteiger partial charge is 0.465 e. The predicted molar refractivity (Wildman–Crippen MR) is 57.9 cm³/mol. The van der Waals surface area contributed by atoms with Crippen molar-refractivity contribution in [1.82, 2.24) is 4.90 Å². The third kappa shape index (κ3) is 3.36. The highest BCUT2D eigenvalue weighted by molar-refractivity contribution is 7.08. The van der Waals surface area contributed by atoms with Crippen molar-refractivity contribution in [3.63, 3.8) is 0 Å². The number of rotatable bonds is 4. The Morgan fingerprint density at radius 2 is 2.27 bits per heavy atom. The highest BCUT2D eigenvalue weighted by Crippen LogP contribution is 2.08. The lowest BCUT2D eigenvalue weighted by atomic mass is 10.3. The van der Waals surface area contributed by atoms with Crippen molar-refractivity contribution in [3.8, 4) is 0 Å². The lowest BCUT2D eigenvalue weighted by molar-refractivity contribution is -0.143. The van der Waals surface area contributed by atoms with Gasteiger partial charge in [-0.25, -0.2) is 0 Å². The standard InChI is InChI=1S/C10H13NO3S/c1-3-14-9(12)6-11(2)10(13)8-4-5-15-7-8/h4-5,7H,3,6H2,1-2H3. The van der Waals surface area contributed by atoms with Crippen LogP contribution in [-0.2, 0) is 9.53 Å². The van der Waals surface area contributed by atoms with Crippen molar-refractivity contribution in [2.45, 2.75) is 6.92 Å². The van der Waals surface area contributed by atoms with Crippen LogP contribution < -0.4 is 0 Å². The van der Waals surface area contributed by atoms with Gasteiger partial charge in [0.1, 0.15) is 6.54 Å². The Bertz CT molecular complexity index is 334. The number of carbonyl (C=O) groups excluding carboxylic acids is 2. The van der Waals surface area contributed by atoms with Crippen molar-refractivity contribution in [1.29, 1.82) is 0 Å². The molecule has 0 aromatic carbocycles. The Kier molecular flexibility index (Phi) is 4.30. The number of hydrogen-bond donors (Lipinski definition) is 0. The van der Waals surface area contributed by atoms with Crippen LogP contribution in [-0.4, -0.2) is 37.0 Å². The average Bonchev–Trinajstić information content (AvgIpc) is 2.69. The highest BCUT2D eigenvalue weighted by atomic mass is 32.1. The van der Waals surface area contributed by atoms with Crippen LogP contribution in [0.3, 0.4) is 0 Å². The number of likely N-dealkylation sites (N-methyl/N-ethyl adjacent to an activating group) is 1. The van der Waals surface area contributed by atoms with E-state index in [4.69, 9.17) is 4.74 Å². The van der Waals surface area contributed by atoms with Gasteiger partial charge in [-0.05, 0) is 18.4 Å². The second-order valence-electron chi connectivity index (χ2n) is 2.98. The summed E-state index contributed by atoms with van der Waals surface area (Å²) < 4.78 is 4.75. The quantitative estimate of drug-likeness (QED) is 0.730. The first-order chi connectivity index (χ1) is 7.15. The molecule has 1 rings (SSSR count). The van der Waals surface area contributed by atoms with E-state index >= 15 is 0 Å². The third-order valence-electron chi connectivity index (χ3n) is 1.79. The van der Waals surface area contributed by atoms with Gasteiger partial charge in [0.2, 0.25) is 0 Å². The van der Waals surface area contributed by atoms with Gasteiger partial charge >= 0.3 is 5.97 Å². The number of thiophene rings is 1. The van der Waals surface area contributed by atoms with Crippen LogP contribution in [0.5, 0.6) is 0 Å². The van der Waals surface area contributed by atoms with Crippen LogP contribution in [0, 0.1) is 0 Å². The maximum Gasteiger partial charge on any atom is 0.325 e. The SMILES string of the molecule is CCOC(=O)CN(C)C(=O)c1ccsc1. The normalized spacial score (nSPS) is 9.73. The molecule has 0 aliphatic carbocycles. The molecule has 0 fully saturated rings. The molecule has 0 atom stereocenters. The second kappa shape index (κ2) is 5.50. The first-order valence-corrected chi connectivity index (χ1v) is 5.52. The number of carbonyl (C=O) groups is 2. The van der Waals surface area contributed by atoms with Gasteiger partial charge in [0.25, 0.3) is 5.91 Å². The lowest BCUT2D eigenvalue weighted by Crippen LogP contribution is -2.32. The molecule has 4 nitrogen and oxygen atoms in total. The number of nitrogens with zero attached hydrogens (tertiary/aromatic N) is 1. The van der Waals surface area contributed by atoms with Crippen LogP contribution in [0.15, 0.2) is 16.8 Å². The summed E-state index contributed by atoms with van der Waals surface area (Å²) in [6, 6.07) is 1.73. The van der Waals surface area contributed by atoms with Gasteiger partial charge in [0.15, 0.2) is 0 Å². The second-order valence-corrected chi connectivity index (χ2v) is 3.76. The Morgan fingerprint density at radius 1 is 1.53 bits per heavy atom. The van der Waals surface area contributed by atoms with Gasteiger partial charge in [-0.15, -0.1) is 0 Å². The van der Waals surface area contributed by atoms with Gasteiger partial charge < -0.3 is 9.64 Å². The van der Waals surface area contributed by atoms with Crippen molar-refractivity contribution in [3.05, 3.63) is 22.4 Å². The molecule has 1 amide bonds. The minimum absolute atomic E-state index is 0.0114. The van der Waals surface area contributed by atoms with E-state index in [1.54, 1.807) is 25.4 Å². The molecule has 1 aromatic heterocycles. The van der Waals surface area contributed by atoms with Gasteiger partial charge in [-0.1, -0.05) is 0 Å². The fourth-order valence-corrected chi connectivity index (χ4v) is 1.71. The molecule has 0 aliphatic rings. The molecule has 0 bridgehead atoms. The van der Waals surface area contributed by atoms with E-state index in [1.165, 1.54) is 16.2 Å². The Morgan fingerprint density at radius 3 is 2.80 bits per heavy atom. The monoisotopic (exact) mass is 227 g/mol. The zero-order valence-electron chi connectivity index (χ0n) is 8.73. The van der Waals surface area contributed by atoms with E-state index in [0.717, 1.165) is 0 Å². The summed E-state index contributed by atoms with van der Waals surface area (Å²) in [6.07, 6.45) is 0. The summed E-state index contributed by atoms with van der Waals surface area (Å²) in [5.41, 5.74) is 0.604. The topological polar surface area (TPSA) is 46.6 Å². The fraction of sp³-hybridized carbons (Fsp3) is 0.400. The third-order valence-corrected chi connectivity index (χ3v) is 2.47. The van der Waals surface area contributed by atoms with Gasteiger partial charge in [-0.3, -0.25) is 9.59 Å². The minimum Gasteiger partial charge on any atom is -0.465 e. The molecule has 5 heteroatoms. The first-order valence-electron chi connectivity index (χ1n) is 4.58. The molecule has 0 saturated carbocycles. The van der Waals surface area contributed by atoms with Crippen molar-refractivity contribution in [2.75, 3.05) is 20.2 Å². The van der Waals surface area contributed by atoms with Gasteiger partial charge in [0, 0.05) is 12.4 Å². The Balaban J connectivity index is 2.51. The van der Waals surface area contributed by atoms with Crippen molar-refractivity contribution < 1.29 is 14.3 Å². The molecule has 0 aliphatic heterocycles. The molecule has 0 saturated heterocycles. The summed E-state index contributed by atoms with van der Waals surface area (Å²) in [4.78, 5) is 24.1. The van der Waals surface area contributed by atoms with E-state index in [9.17, 15) is 9.59 Å². The van der Waals surface area contributed by atoms with E-state index in [-0.39, 0.29) is 18.4 Å². The molecule has 1 heterocycles. The van der Waals surface area contributed by atoms with Gasteiger partial charge in [-0.2, -0.15) is 11.3 Å². The number of hydrogen-bond acceptors (Lipinski definition) is 4. The summed E-state index contributed by atoms with van der Waals surface area (Å²) in [5, 5.41) is 3.58. The van der Waals surface area contributed by atoms with Gasteiger partial charge in [0.05, 0.1) is 12.2 Å². The minimum atomic E-state index is -0.386. The lowest BCUT2D eigenvalue weighted by Gasteiger charge is -2.14. The maximum atomic E-state index is 11.7. The van der Waals surface area contributed by atoms with E-state index in [1.807, 2.05) is 5.38 Å². The fourth-order valence-electron chi connectivity index (χ4n) is 1.08. The molecule has 0 radical (unpaired) electrons. The Labute approximate surface area is 92.5 Å². The summed E-state index contributed by atoms with van der Waals surface area (Å²) in [5.74, 6) is -0.548. The van der Waals surface area contributed by atoms with Crippen LogP contribution in [0.4, 0.5) is 0 Å². The van der Waals surface area contributed by atoms with Crippen LogP contribution >= 0.6 is 11.3 Å². The number of esters is 1. The molecule has 15 heavy (non-hydrogen) atoms. The summed E-state index contributed by atoms with van der Waals surface area (Å²) in [7, 11) is 1.58. The number of amides is 1. The molecule has 0 N–H and O–H groups in total. The molecule has 0 spiro atoms. The molecular formula is C10H13NO3S. The van der Waals surface area contributed by atoms with Crippen molar-refractivity contribution >= 4 is 23.2 Å². The predicted octanol–water partition coefficient (Wildman–Crippen LogP) is 1.38. The molecular weight excluding hydrogens is 214 g/mol. The first kappa shape index (κ1) is 11.7. The zero-order valence-corrected chi connectivity index (χ0v) is 9.54.